The smallest absolute Gasteiger partial charge is 0.319 e. The number of aryl methyl sites for hydroxylation is 2. The second-order valence-electron chi connectivity index (χ2n) is 4.35. The normalized spacial score (nSPS) is 12.2. The van der Waals surface area contributed by atoms with Crippen LogP contribution < -0.4 is 10.6 Å². The van der Waals surface area contributed by atoms with Gasteiger partial charge in [0.25, 0.3) is 0 Å². The largest absolute Gasteiger partial charge is 0.464 e. The van der Waals surface area contributed by atoms with Gasteiger partial charge in [0.1, 0.15) is 11.5 Å². The molecule has 6 heteroatoms. The molecule has 0 aliphatic rings. The summed E-state index contributed by atoms with van der Waals surface area (Å²) in [6.07, 6.45) is 3.39. The molecular formula is C13H18N4O2. The molecule has 0 unspecified atom stereocenters. The standard InChI is InChI=1S/C13H18N4O2/c1-4-17-8-11(7-14-17)16-13(18)15-10(3)12-6-5-9(2)19-12/h5-8,10H,4H2,1-3H3,(H2,15,16,18)/t10-/m1/s1. The molecule has 1 atom stereocenters. The first kappa shape index (κ1) is 13.2. The summed E-state index contributed by atoms with van der Waals surface area (Å²) in [5.41, 5.74) is 0.669. The maximum atomic E-state index is 11.8. The van der Waals surface area contributed by atoms with Crippen LogP contribution in [0.15, 0.2) is 28.9 Å². The summed E-state index contributed by atoms with van der Waals surface area (Å²) in [4.78, 5) is 11.8. The van der Waals surface area contributed by atoms with Crippen molar-refractivity contribution >= 4 is 11.7 Å². The minimum Gasteiger partial charge on any atom is -0.464 e. The molecule has 2 rings (SSSR count). The zero-order valence-corrected chi connectivity index (χ0v) is 11.3. The second kappa shape index (κ2) is 5.60. The predicted molar refractivity (Wildman–Crippen MR) is 71.9 cm³/mol. The Hall–Kier alpha value is -2.24. The number of urea groups is 1. The van der Waals surface area contributed by atoms with Crippen molar-refractivity contribution in [1.29, 1.82) is 0 Å². The van der Waals surface area contributed by atoms with Crippen molar-refractivity contribution in [2.75, 3.05) is 5.32 Å². The van der Waals surface area contributed by atoms with Gasteiger partial charge in [-0.15, -0.1) is 0 Å². The molecule has 0 saturated heterocycles. The summed E-state index contributed by atoms with van der Waals surface area (Å²) in [6, 6.07) is 3.26. The monoisotopic (exact) mass is 262 g/mol. The van der Waals surface area contributed by atoms with Crippen molar-refractivity contribution < 1.29 is 9.21 Å². The molecule has 0 aliphatic heterocycles. The third-order valence-corrected chi connectivity index (χ3v) is 2.75. The molecule has 2 N–H and O–H groups in total. The van der Waals surface area contributed by atoms with Gasteiger partial charge in [-0.1, -0.05) is 0 Å². The number of carbonyl (C=O) groups excluding carboxylic acids is 1. The SMILES string of the molecule is CCn1cc(NC(=O)N[C@H](C)c2ccc(C)o2)cn1. The van der Waals surface area contributed by atoms with Gasteiger partial charge in [0, 0.05) is 12.7 Å². The number of carbonyl (C=O) groups is 1. The molecule has 0 bridgehead atoms. The van der Waals surface area contributed by atoms with Crippen LogP contribution in [0.3, 0.4) is 0 Å². The van der Waals surface area contributed by atoms with Crippen molar-refractivity contribution in [1.82, 2.24) is 15.1 Å². The Morgan fingerprint density at radius 3 is 2.89 bits per heavy atom. The number of hydrogen-bond acceptors (Lipinski definition) is 3. The topological polar surface area (TPSA) is 72.1 Å². The Kier molecular flexibility index (Phi) is 3.89. The zero-order valence-electron chi connectivity index (χ0n) is 11.3. The lowest BCUT2D eigenvalue weighted by Gasteiger charge is -2.11. The average molecular weight is 262 g/mol. The number of rotatable bonds is 4. The van der Waals surface area contributed by atoms with Gasteiger partial charge in [0.2, 0.25) is 0 Å². The molecular weight excluding hydrogens is 244 g/mol. The van der Waals surface area contributed by atoms with Gasteiger partial charge >= 0.3 is 6.03 Å². The highest BCUT2D eigenvalue weighted by Gasteiger charge is 2.13. The third kappa shape index (κ3) is 3.37. The van der Waals surface area contributed by atoms with Crippen LogP contribution >= 0.6 is 0 Å². The van der Waals surface area contributed by atoms with Gasteiger partial charge in [-0.05, 0) is 32.9 Å². The van der Waals surface area contributed by atoms with E-state index in [1.807, 2.05) is 32.9 Å². The summed E-state index contributed by atoms with van der Waals surface area (Å²) in [7, 11) is 0. The summed E-state index contributed by atoms with van der Waals surface area (Å²) >= 11 is 0. The number of anilines is 1. The zero-order chi connectivity index (χ0) is 13.8. The molecule has 2 aromatic rings. The maximum absolute atomic E-state index is 11.8. The number of hydrogen-bond donors (Lipinski definition) is 2. The maximum Gasteiger partial charge on any atom is 0.319 e. The number of furan rings is 1. The van der Waals surface area contributed by atoms with Crippen molar-refractivity contribution in [2.24, 2.45) is 0 Å². The highest BCUT2D eigenvalue weighted by atomic mass is 16.3. The molecule has 2 aromatic heterocycles. The molecule has 2 amide bonds. The van der Waals surface area contributed by atoms with E-state index in [0.717, 1.165) is 18.1 Å². The summed E-state index contributed by atoms with van der Waals surface area (Å²) in [5.74, 6) is 1.56. The Bertz CT molecular complexity index is 558. The summed E-state index contributed by atoms with van der Waals surface area (Å²) in [6.45, 7) is 6.49. The summed E-state index contributed by atoms with van der Waals surface area (Å²) < 4.78 is 7.20. The molecule has 19 heavy (non-hydrogen) atoms. The average Bonchev–Trinajstić information content (AvgIpc) is 2.97. The van der Waals surface area contributed by atoms with Crippen LogP contribution in [-0.2, 0) is 6.54 Å². The molecule has 0 spiro atoms. The third-order valence-electron chi connectivity index (χ3n) is 2.75. The van der Waals surface area contributed by atoms with E-state index in [-0.39, 0.29) is 12.1 Å². The molecule has 2 heterocycles. The molecule has 0 saturated carbocycles. The van der Waals surface area contributed by atoms with Gasteiger partial charge in [0.05, 0.1) is 17.9 Å². The highest BCUT2D eigenvalue weighted by molar-refractivity contribution is 5.89. The first-order valence-corrected chi connectivity index (χ1v) is 6.24. The van der Waals surface area contributed by atoms with Crippen molar-refractivity contribution in [2.45, 2.75) is 33.4 Å². The predicted octanol–water partition coefficient (Wildman–Crippen LogP) is 2.69. The number of amides is 2. The Morgan fingerprint density at radius 2 is 2.32 bits per heavy atom. The van der Waals surface area contributed by atoms with Crippen molar-refractivity contribution in [3.8, 4) is 0 Å². The quantitative estimate of drug-likeness (QED) is 0.889. The molecule has 0 aromatic carbocycles. The van der Waals surface area contributed by atoms with Crippen LogP contribution in [0.1, 0.15) is 31.4 Å². The van der Waals surface area contributed by atoms with Crippen LogP contribution in [0.25, 0.3) is 0 Å². The van der Waals surface area contributed by atoms with Crippen LogP contribution in [0.5, 0.6) is 0 Å². The lowest BCUT2D eigenvalue weighted by atomic mass is 10.2. The molecule has 0 fully saturated rings. The first-order valence-electron chi connectivity index (χ1n) is 6.24. The van der Waals surface area contributed by atoms with Gasteiger partial charge in [-0.2, -0.15) is 5.10 Å². The summed E-state index contributed by atoms with van der Waals surface area (Å²) in [5, 5.41) is 9.62. The molecule has 102 valence electrons. The lowest BCUT2D eigenvalue weighted by Crippen LogP contribution is -2.30. The van der Waals surface area contributed by atoms with E-state index in [0.29, 0.717) is 5.69 Å². The van der Waals surface area contributed by atoms with Crippen LogP contribution in [0, 0.1) is 6.92 Å². The fraction of sp³-hybridized carbons (Fsp3) is 0.385. The van der Waals surface area contributed by atoms with Gasteiger partial charge in [0.15, 0.2) is 0 Å². The lowest BCUT2D eigenvalue weighted by molar-refractivity contribution is 0.247. The minimum atomic E-state index is -0.280. The van der Waals surface area contributed by atoms with E-state index in [1.54, 1.807) is 17.1 Å². The molecule has 6 nitrogen and oxygen atoms in total. The number of nitrogens with one attached hydrogen (secondary N) is 2. The van der Waals surface area contributed by atoms with Crippen molar-refractivity contribution in [3.63, 3.8) is 0 Å². The second-order valence-corrected chi connectivity index (χ2v) is 4.35. The van der Waals surface area contributed by atoms with E-state index in [1.165, 1.54) is 0 Å². The number of aromatic nitrogens is 2. The molecule has 0 aliphatic carbocycles. The van der Waals surface area contributed by atoms with E-state index in [2.05, 4.69) is 15.7 Å². The van der Waals surface area contributed by atoms with Gasteiger partial charge in [-0.25, -0.2) is 4.79 Å². The Labute approximate surface area is 111 Å². The minimum absolute atomic E-state index is 0.185. The van der Waals surface area contributed by atoms with Crippen molar-refractivity contribution in [3.05, 3.63) is 36.0 Å². The number of nitrogens with zero attached hydrogens (tertiary/aromatic N) is 2. The molecule has 0 radical (unpaired) electrons. The van der Waals surface area contributed by atoms with E-state index < -0.39 is 0 Å². The van der Waals surface area contributed by atoms with Crippen LogP contribution in [-0.4, -0.2) is 15.8 Å². The van der Waals surface area contributed by atoms with Crippen LogP contribution in [0.2, 0.25) is 0 Å². The van der Waals surface area contributed by atoms with E-state index in [4.69, 9.17) is 4.42 Å². The Morgan fingerprint density at radius 1 is 1.53 bits per heavy atom. The van der Waals surface area contributed by atoms with E-state index >= 15 is 0 Å². The first-order chi connectivity index (χ1) is 9.08. The Balaban J connectivity index is 1.90. The van der Waals surface area contributed by atoms with Crippen LogP contribution in [0.4, 0.5) is 10.5 Å². The fourth-order valence-corrected chi connectivity index (χ4v) is 1.72. The highest BCUT2D eigenvalue weighted by Crippen LogP contribution is 2.15. The van der Waals surface area contributed by atoms with Gasteiger partial charge in [-0.3, -0.25) is 4.68 Å². The van der Waals surface area contributed by atoms with E-state index in [9.17, 15) is 4.79 Å². The van der Waals surface area contributed by atoms with Gasteiger partial charge < -0.3 is 15.1 Å². The fourth-order valence-electron chi connectivity index (χ4n) is 1.72.